The Kier molecular flexibility index (Phi) is 4.26. The van der Waals surface area contributed by atoms with Gasteiger partial charge in [-0.2, -0.15) is 0 Å². The predicted molar refractivity (Wildman–Crippen MR) is 120 cm³/mol. The Morgan fingerprint density at radius 1 is 0.893 bits per heavy atom. The molecule has 0 spiro atoms. The van der Waals surface area contributed by atoms with Crippen LogP contribution < -0.4 is 5.46 Å². The Morgan fingerprint density at radius 3 is 2.32 bits per heavy atom. The Morgan fingerprint density at radius 2 is 1.61 bits per heavy atom. The van der Waals surface area contributed by atoms with Crippen LogP contribution in [0.25, 0.3) is 21.9 Å². The number of hydrogen-bond acceptors (Lipinski definition) is 2. The molecule has 4 rings (SSSR count). The summed E-state index contributed by atoms with van der Waals surface area (Å²) >= 11 is 0. The molecule has 28 heavy (non-hydrogen) atoms. The third-order valence-corrected chi connectivity index (χ3v) is 6.70. The highest BCUT2D eigenvalue weighted by atomic mass is 16.5. The van der Waals surface area contributed by atoms with E-state index in [4.69, 9.17) is 4.65 Å². The third-order valence-electron chi connectivity index (χ3n) is 6.70. The summed E-state index contributed by atoms with van der Waals surface area (Å²) in [6.07, 6.45) is 0. The first-order valence-corrected chi connectivity index (χ1v) is 10.0. The van der Waals surface area contributed by atoms with Gasteiger partial charge in [-0.1, -0.05) is 73.9 Å². The average Bonchev–Trinajstić information content (AvgIpc) is 2.87. The van der Waals surface area contributed by atoms with Crippen LogP contribution in [0.2, 0.25) is 0 Å². The van der Waals surface area contributed by atoms with Crippen LogP contribution in [0.1, 0.15) is 52.7 Å². The molecule has 1 aliphatic carbocycles. The van der Waals surface area contributed by atoms with Gasteiger partial charge in [0.05, 0.1) is 11.2 Å². The average molecular weight is 372 g/mol. The maximum Gasteiger partial charge on any atom is 0.309 e. The van der Waals surface area contributed by atoms with Crippen molar-refractivity contribution in [1.29, 1.82) is 0 Å². The number of rotatable bonds is 4. The molecule has 0 heterocycles. The van der Waals surface area contributed by atoms with Gasteiger partial charge in [-0.3, -0.25) is 0 Å². The number of hydrogen-bond donors (Lipinski definition) is 1. The molecule has 0 saturated carbocycles. The van der Waals surface area contributed by atoms with E-state index in [2.05, 4.69) is 68.4 Å². The van der Waals surface area contributed by atoms with Crippen LogP contribution in [0.5, 0.6) is 0 Å². The Balaban J connectivity index is 1.76. The van der Waals surface area contributed by atoms with Gasteiger partial charge in [0.1, 0.15) is 0 Å². The predicted octanol–water partition coefficient (Wildman–Crippen LogP) is 4.69. The number of benzene rings is 3. The molecular formula is C25H29BO2. The second-order valence-electron chi connectivity index (χ2n) is 9.57. The first kappa shape index (κ1) is 19.2. The van der Waals surface area contributed by atoms with Gasteiger partial charge in [0.2, 0.25) is 0 Å². The number of aliphatic hydroxyl groups is 1. The summed E-state index contributed by atoms with van der Waals surface area (Å²) in [6, 6.07) is 19.8. The molecular weight excluding hydrogens is 343 g/mol. The van der Waals surface area contributed by atoms with Crippen molar-refractivity contribution < 1.29 is 9.76 Å². The van der Waals surface area contributed by atoms with E-state index < -0.39 is 11.2 Å². The van der Waals surface area contributed by atoms with Gasteiger partial charge < -0.3 is 9.76 Å². The first-order chi connectivity index (χ1) is 13.0. The van der Waals surface area contributed by atoms with Crippen molar-refractivity contribution in [2.45, 2.75) is 58.2 Å². The smallest absolute Gasteiger partial charge is 0.309 e. The van der Waals surface area contributed by atoms with Gasteiger partial charge in [0.25, 0.3) is 0 Å². The summed E-state index contributed by atoms with van der Waals surface area (Å²) in [5.74, 6) is 0. The Labute approximate surface area is 168 Å². The van der Waals surface area contributed by atoms with Crippen molar-refractivity contribution in [2.24, 2.45) is 0 Å². The van der Waals surface area contributed by atoms with Gasteiger partial charge in [0, 0.05) is 5.41 Å². The van der Waals surface area contributed by atoms with E-state index in [-0.39, 0.29) is 5.41 Å². The molecule has 0 aromatic heterocycles. The van der Waals surface area contributed by atoms with Crippen molar-refractivity contribution in [1.82, 2.24) is 0 Å². The van der Waals surface area contributed by atoms with E-state index >= 15 is 0 Å². The van der Waals surface area contributed by atoms with Crippen molar-refractivity contribution in [3.05, 3.63) is 65.7 Å². The van der Waals surface area contributed by atoms with Crippen molar-refractivity contribution in [3.8, 4) is 11.1 Å². The van der Waals surface area contributed by atoms with Crippen molar-refractivity contribution in [3.63, 3.8) is 0 Å². The van der Waals surface area contributed by atoms with E-state index in [1.165, 1.54) is 33.0 Å². The molecule has 0 fully saturated rings. The van der Waals surface area contributed by atoms with Gasteiger partial charge in [-0.25, -0.2) is 0 Å². The van der Waals surface area contributed by atoms with Crippen molar-refractivity contribution >= 4 is 23.7 Å². The maximum absolute atomic E-state index is 10.4. The Hall–Kier alpha value is -2.10. The minimum absolute atomic E-state index is 0.0452. The van der Waals surface area contributed by atoms with Crippen LogP contribution in [0.3, 0.4) is 0 Å². The molecule has 2 nitrogen and oxygen atoms in total. The van der Waals surface area contributed by atoms with Crippen LogP contribution in [0.15, 0.2) is 54.6 Å². The quantitative estimate of drug-likeness (QED) is 0.674. The fourth-order valence-corrected chi connectivity index (χ4v) is 4.08. The van der Waals surface area contributed by atoms with E-state index in [1.807, 2.05) is 13.8 Å². The highest BCUT2D eigenvalue weighted by Gasteiger charge is 2.38. The van der Waals surface area contributed by atoms with Gasteiger partial charge in [-0.05, 0) is 60.7 Å². The zero-order valence-corrected chi connectivity index (χ0v) is 17.8. The summed E-state index contributed by atoms with van der Waals surface area (Å²) in [4.78, 5) is 0. The second-order valence-corrected chi connectivity index (χ2v) is 9.57. The molecule has 1 N–H and O–H groups in total. The zero-order chi connectivity index (χ0) is 20.3. The molecule has 144 valence electrons. The summed E-state index contributed by atoms with van der Waals surface area (Å²) in [6.45, 7) is 12.1. The molecule has 0 bridgehead atoms. The van der Waals surface area contributed by atoms with Crippen molar-refractivity contribution in [2.75, 3.05) is 0 Å². The van der Waals surface area contributed by atoms with Gasteiger partial charge >= 0.3 is 7.48 Å². The SMILES string of the molecule is CC1(C)c2cc(BOC(C)(C)C(C)(C)O)ccc2-c2c1ccc1ccccc21. The Bertz CT molecular complexity index is 1060. The first-order valence-electron chi connectivity index (χ1n) is 10.0. The largest absolute Gasteiger partial charge is 0.427 e. The fraction of sp³-hybridized carbons (Fsp3) is 0.360. The van der Waals surface area contributed by atoms with Crippen LogP contribution in [-0.2, 0) is 10.1 Å². The highest BCUT2D eigenvalue weighted by Crippen LogP contribution is 2.50. The lowest BCUT2D eigenvalue weighted by Gasteiger charge is -2.37. The fourth-order valence-electron chi connectivity index (χ4n) is 4.08. The molecule has 3 aromatic carbocycles. The minimum atomic E-state index is -0.905. The monoisotopic (exact) mass is 372 g/mol. The summed E-state index contributed by atoms with van der Waals surface area (Å²) in [7, 11) is 0.484. The van der Waals surface area contributed by atoms with Crippen LogP contribution in [0, 0.1) is 0 Å². The lowest BCUT2D eigenvalue weighted by Crippen LogP contribution is -2.49. The molecule has 0 atom stereocenters. The molecule has 0 amide bonds. The molecule has 0 unspecified atom stereocenters. The zero-order valence-electron chi connectivity index (χ0n) is 17.8. The van der Waals surface area contributed by atoms with Crippen LogP contribution >= 0.6 is 0 Å². The standard InChI is InChI=1S/C25H29BO2/c1-23(2)20-14-11-16-9-7-8-10-18(16)22(20)19-13-12-17(15-21(19)23)26-28-25(5,6)24(3,4)27/h7-15,26-27H,1-6H3. The molecule has 3 heteroatoms. The molecule has 0 saturated heterocycles. The molecule has 1 aliphatic rings. The summed E-state index contributed by atoms with van der Waals surface area (Å²) in [5, 5.41) is 13.0. The highest BCUT2D eigenvalue weighted by molar-refractivity contribution is 6.47. The molecule has 0 radical (unpaired) electrons. The maximum atomic E-state index is 10.4. The van der Waals surface area contributed by atoms with E-state index in [1.54, 1.807) is 13.8 Å². The minimum Gasteiger partial charge on any atom is -0.427 e. The van der Waals surface area contributed by atoms with E-state index in [0.29, 0.717) is 7.48 Å². The molecule has 3 aromatic rings. The normalized spacial score (nSPS) is 15.4. The number of fused-ring (bicyclic) bond motifs is 5. The molecule has 0 aliphatic heterocycles. The van der Waals surface area contributed by atoms with Crippen LogP contribution in [-0.4, -0.2) is 23.8 Å². The van der Waals surface area contributed by atoms with Gasteiger partial charge in [0.15, 0.2) is 0 Å². The second kappa shape index (κ2) is 6.20. The van der Waals surface area contributed by atoms with E-state index in [9.17, 15) is 5.11 Å². The van der Waals surface area contributed by atoms with Gasteiger partial charge in [-0.15, -0.1) is 0 Å². The lowest BCUT2D eigenvalue weighted by molar-refractivity contribution is -0.0893. The van der Waals surface area contributed by atoms with E-state index in [0.717, 1.165) is 5.46 Å². The summed E-state index contributed by atoms with van der Waals surface area (Å²) in [5.41, 5.74) is 4.98. The third kappa shape index (κ3) is 2.89. The summed E-state index contributed by atoms with van der Waals surface area (Å²) < 4.78 is 6.11. The van der Waals surface area contributed by atoms with Crippen LogP contribution in [0.4, 0.5) is 0 Å². The topological polar surface area (TPSA) is 29.5 Å². The lowest BCUT2D eigenvalue weighted by atomic mass is 9.77.